The Bertz CT molecular complexity index is 1430. The fourth-order valence-corrected chi connectivity index (χ4v) is 10.8. The topological polar surface area (TPSA) is 149 Å². The van der Waals surface area contributed by atoms with E-state index in [0.29, 0.717) is 12.8 Å². The fraction of sp³-hybridized carbons (Fsp3) is 0.843. The van der Waals surface area contributed by atoms with E-state index >= 15 is 0 Å². The molecule has 1 rings (SSSR count). The number of aliphatic hydroxyl groups is 5. The average Bonchev–Trinajstić information content (AvgIpc) is 3.47. The Morgan fingerprint density at radius 2 is 0.785 bits per heavy atom. The lowest BCUT2D eigenvalue weighted by Gasteiger charge is -2.40. The van der Waals surface area contributed by atoms with E-state index in [2.05, 4.69) is 79.9 Å². The molecule has 9 nitrogen and oxygen atoms in total. The molecule has 1 saturated heterocycles. The highest BCUT2D eigenvalue weighted by Gasteiger charge is 2.44. The van der Waals surface area contributed by atoms with Crippen LogP contribution in [-0.4, -0.2) is 87.5 Å². The van der Waals surface area contributed by atoms with Gasteiger partial charge in [-0.2, -0.15) is 0 Å². The van der Waals surface area contributed by atoms with E-state index in [1.54, 1.807) is 0 Å². The van der Waals surface area contributed by atoms with Gasteiger partial charge in [0.05, 0.1) is 25.4 Å². The van der Waals surface area contributed by atoms with Crippen molar-refractivity contribution in [1.82, 2.24) is 5.32 Å². The van der Waals surface area contributed by atoms with Crippen molar-refractivity contribution >= 4 is 5.91 Å². The summed E-state index contributed by atoms with van der Waals surface area (Å²) in [5.41, 5.74) is 0. The first kappa shape index (κ1) is 74.9. The quantitative estimate of drug-likeness (QED) is 0.0261. The number of aliphatic hydroxyl groups excluding tert-OH is 5. The molecule has 0 aromatic carbocycles. The van der Waals surface area contributed by atoms with Gasteiger partial charge >= 0.3 is 0 Å². The first-order valence-corrected chi connectivity index (χ1v) is 34.0. The monoisotopic (exact) mass is 1110 g/mol. The molecular weight excluding hydrogens is 983 g/mol. The Morgan fingerprint density at radius 1 is 0.443 bits per heavy atom. The van der Waals surface area contributed by atoms with Gasteiger partial charge < -0.3 is 40.3 Å². The van der Waals surface area contributed by atoms with Crippen LogP contribution in [0.15, 0.2) is 60.8 Å². The zero-order valence-electron chi connectivity index (χ0n) is 51.6. The zero-order chi connectivity index (χ0) is 57.2. The summed E-state index contributed by atoms with van der Waals surface area (Å²) in [4.78, 5) is 13.1. The van der Waals surface area contributed by atoms with Crippen LogP contribution < -0.4 is 5.32 Å². The molecule has 0 spiro atoms. The lowest BCUT2D eigenvalue weighted by atomic mass is 9.99. The minimum Gasteiger partial charge on any atom is -0.394 e. The second-order valence-electron chi connectivity index (χ2n) is 23.6. The maximum Gasteiger partial charge on any atom is 0.220 e. The molecule has 9 heteroatoms. The Balaban J connectivity index is 2.12. The highest BCUT2D eigenvalue weighted by molar-refractivity contribution is 5.76. The molecule has 0 saturated carbocycles. The Kier molecular flexibility index (Phi) is 56.0. The van der Waals surface area contributed by atoms with E-state index in [0.717, 1.165) is 83.5 Å². The van der Waals surface area contributed by atoms with Gasteiger partial charge in [-0.15, -0.1) is 0 Å². The van der Waals surface area contributed by atoms with Gasteiger partial charge in [-0.1, -0.05) is 319 Å². The fourth-order valence-electron chi connectivity index (χ4n) is 10.8. The summed E-state index contributed by atoms with van der Waals surface area (Å²) in [5, 5.41) is 54.9. The average molecular weight is 1110 g/mol. The van der Waals surface area contributed by atoms with Crippen LogP contribution in [0, 0.1) is 0 Å². The third-order valence-electron chi connectivity index (χ3n) is 16.1. The number of carbonyl (C=O) groups is 1. The van der Waals surface area contributed by atoms with Crippen LogP contribution >= 0.6 is 0 Å². The van der Waals surface area contributed by atoms with Gasteiger partial charge in [0.1, 0.15) is 24.4 Å². The van der Waals surface area contributed by atoms with E-state index in [1.165, 1.54) is 212 Å². The number of carbonyl (C=O) groups excluding carboxylic acids is 1. The summed E-state index contributed by atoms with van der Waals surface area (Å²) >= 11 is 0. The molecule has 79 heavy (non-hydrogen) atoms. The summed E-state index contributed by atoms with van der Waals surface area (Å²) in [6, 6.07) is -0.730. The maximum atomic E-state index is 13.1. The molecule has 7 unspecified atom stereocenters. The van der Waals surface area contributed by atoms with Crippen LogP contribution in [0.5, 0.6) is 0 Å². The molecule has 0 bridgehead atoms. The smallest absolute Gasteiger partial charge is 0.220 e. The Morgan fingerprint density at radius 3 is 1.16 bits per heavy atom. The van der Waals surface area contributed by atoms with Gasteiger partial charge in [-0.25, -0.2) is 0 Å². The number of rotatable bonds is 59. The van der Waals surface area contributed by atoms with E-state index in [-0.39, 0.29) is 12.5 Å². The molecule has 7 atom stereocenters. The van der Waals surface area contributed by atoms with Gasteiger partial charge in [-0.3, -0.25) is 4.79 Å². The van der Waals surface area contributed by atoms with Gasteiger partial charge in [-0.05, 0) is 57.8 Å². The first-order chi connectivity index (χ1) is 38.8. The highest BCUT2D eigenvalue weighted by atomic mass is 16.7. The van der Waals surface area contributed by atoms with Gasteiger partial charge in [0.25, 0.3) is 0 Å². The van der Waals surface area contributed by atoms with Crippen molar-refractivity contribution in [2.24, 2.45) is 0 Å². The molecule has 0 aromatic heterocycles. The van der Waals surface area contributed by atoms with Crippen molar-refractivity contribution in [3.05, 3.63) is 60.8 Å². The molecule has 1 amide bonds. The van der Waals surface area contributed by atoms with Crippen molar-refractivity contribution in [2.45, 2.75) is 365 Å². The molecule has 6 N–H and O–H groups in total. The summed E-state index contributed by atoms with van der Waals surface area (Å²) in [6.45, 7) is 3.75. The normalized spacial score (nSPS) is 18.9. The van der Waals surface area contributed by atoms with Crippen molar-refractivity contribution < 1.29 is 39.8 Å². The third kappa shape index (κ3) is 48.0. The van der Waals surface area contributed by atoms with Crippen LogP contribution in [0.1, 0.15) is 322 Å². The van der Waals surface area contributed by atoms with E-state index in [9.17, 15) is 30.3 Å². The summed E-state index contributed by atoms with van der Waals surface area (Å²) in [6.07, 6.45) is 74.3. The number of hydrogen-bond acceptors (Lipinski definition) is 8. The zero-order valence-corrected chi connectivity index (χ0v) is 51.6. The summed E-state index contributed by atoms with van der Waals surface area (Å²) in [5.74, 6) is -0.153. The first-order valence-electron chi connectivity index (χ1n) is 34.0. The Hall–Kier alpha value is -2.11. The standard InChI is InChI=1S/C70H129NO8/c1-3-5-7-9-11-13-15-17-19-21-23-25-27-28-29-30-31-32-33-34-35-36-38-39-41-43-45-47-49-51-53-55-57-59-64(73)63(62-78-70-69(77)68(76)67(75)65(61-72)79-70)71-66(74)60-58-56-54-52-50-48-46-44-42-40-37-26-24-22-20-18-16-14-12-10-8-6-4-2/h6,8,12,14,18,20,24,26,40,42,63-65,67-70,72-73,75-77H,3-5,7,9-11,13,15-17,19,21-23,25,27-39,41,43-62H2,1-2H3,(H,71,74)/b8-6-,14-12-,20-18-,26-24-,42-40-. The van der Waals surface area contributed by atoms with Crippen LogP contribution in [0.4, 0.5) is 0 Å². The number of ether oxygens (including phenoxy) is 2. The molecule has 1 heterocycles. The van der Waals surface area contributed by atoms with Crippen LogP contribution in [-0.2, 0) is 14.3 Å². The molecule has 1 fully saturated rings. The van der Waals surface area contributed by atoms with Crippen molar-refractivity contribution in [3.63, 3.8) is 0 Å². The number of unbranched alkanes of at least 4 members (excludes halogenated alkanes) is 39. The largest absolute Gasteiger partial charge is 0.394 e. The van der Waals surface area contributed by atoms with E-state index in [1.807, 2.05) is 0 Å². The van der Waals surface area contributed by atoms with Gasteiger partial charge in [0, 0.05) is 6.42 Å². The van der Waals surface area contributed by atoms with Crippen molar-refractivity contribution in [3.8, 4) is 0 Å². The lowest BCUT2D eigenvalue weighted by Crippen LogP contribution is -2.60. The number of nitrogens with one attached hydrogen (secondary N) is 1. The summed E-state index contributed by atoms with van der Waals surface area (Å²) < 4.78 is 11.4. The number of amides is 1. The molecule has 0 aliphatic carbocycles. The van der Waals surface area contributed by atoms with Crippen molar-refractivity contribution in [1.29, 1.82) is 0 Å². The van der Waals surface area contributed by atoms with E-state index < -0.39 is 49.5 Å². The lowest BCUT2D eigenvalue weighted by molar-refractivity contribution is -0.302. The molecular formula is C70H129NO8. The maximum absolute atomic E-state index is 13.1. The third-order valence-corrected chi connectivity index (χ3v) is 16.1. The molecule has 462 valence electrons. The Labute approximate surface area is 487 Å². The minimum absolute atomic E-state index is 0.144. The molecule has 0 radical (unpaired) electrons. The van der Waals surface area contributed by atoms with E-state index in [4.69, 9.17) is 9.47 Å². The molecule has 1 aliphatic heterocycles. The summed E-state index contributed by atoms with van der Waals surface area (Å²) in [7, 11) is 0. The predicted molar refractivity (Wildman–Crippen MR) is 336 cm³/mol. The predicted octanol–water partition coefficient (Wildman–Crippen LogP) is 18.2. The van der Waals surface area contributed by atoms with Gasteiger partial charge in [0.2, 0.25) is 5.91 Å². The van der Waals surface area contributed by atoms with Gasteiger partial charge in [0.15, 0.2) is 6.29 Å². The van der Waals surface area contributed by atoms with Crippen LogP contribution in [0.25, 0.3) is 0 Å². The number of allylic oxidation sites excluding steroid dienone is 10. The van der Waals surface area contributed by atoms with Crippen LogP contribution in [0.3, 0.4) is 0 Å². The number of hydrogen-bond donors (Lipinski definition) is 6. The highest BCUT2D eigenvalue weighted by Crippen LogP contribution is 2.24. The molecule has 0 aromatic rings. The SMILES string of the molecule is CC/C=C\C/C=C\C/C=C\C/C=C\C/C=C\CCCCCCCCCC(=O)NC(COC1OC(CO)C(O)C(O)C1O)C(O)CCCCCCCCCCCCCCCCCCCCCCCCCCCCCCCCCCC. The second-order valence-corrected chi connectivity index (χ2v) is 23.6. The minimum atomic E-state index is -1.56. The molecule has 1 aliphatic rings. The van der Waals surface area contributed by atoms with Crippen molar-refractivity contribution in [2.75, 3.05) is 13.2 Å². The van der Waals surface area contributed by atoms with Crippen LogP contribution in [0.2, 0.25) is 0 Å². The second kappa shape index (κ2) is 59.1.